The molecule has 0 bridgehead atoms. The van der Waals surface area contributed by atoms with Crippen LogP contribution in [0.5, 0.6) is 0 Å². The highest BCUT2D eigenvalue weighted by molar-refractivity contribution is 8.00. The molecule has 4 rings (SSSR count). The highest BCUT2D eigenvalue weighted by Crippen LogP contribution is 2.27. The molecule has 30 heavy (non-hydrogen) atoms. The molecule has 0 saturated carbocycles. The van der Waals surface area contributed by atoms with E-state index in [0.29, 0.717) is 22.4 Å². The summed E-state index contributed by atoms with van der Waals surface area (Å²) in [5.74, 6) is -0.118. The number of thioether (sulfide) groups is 1. The van der Waals surface area contributed by atoms with Gasteiger partial charge >= 0.3 is 0 Å². The van der Waals surface area contributed by atoms with Gasteiger partial charge in [-0.15, -0.1) is 21.5 Å². The van der Waals surface area contributed by atoms with Gasteiger partial charge in [0.05, 0.1) is 17.1 Å². The Balaban J connectivity index is 1.40. The smallest absolute Gasteiger partial charge is 0.239 e. The van der Waals surface area contributed by atoms with Crippen molar-refractivity contribution in [2.45, 2.75) is 23.8 Å². The van der Waals surface area contributed by atoms with E-state index in [1.807, 2.05) is 73.0 Å². The maximum atomic E-state index is 12.7. The minimum atomic E-state index is -0.335. The SMILES string of the molecule is CC[C@H](Sc1ncc(-c2ccccc2)nn1)C(=O)Nc1nc(-c2ccccc2)cs1. The first-order valence-electron chi connectivity index (χ1n) is 9.46. The van der Waals surface area contributed by atoms with Crippen molar-refractivity contribution >= 4 is 34.1 Å². The van der Waals surface area contributed by atoms with Crippen molar-refractivity contribution in [2.24, 2.45) is 0 Å². The third-order valence-corrected chi connectivity index (χ3v) is 6.31. The van der Waals surface area contributed by atoms with Crippen molar-refractivity contribution in [3.05, 3.63) is 72.2 Å². The molecule has 0 aliphatic rings. The number of carbonyl (C=O) groups excluding carboxylic acids is 1. The van der Waals surface area contributed by atoms with E-state index in [4.69, 9.17) is 0 Å². The molecule has 8 heteroatoms. The number of carbonyl (C=O) groups is 1. The van der Waals surface area contributed by atoms with Crippen LogP contribution in [0.25, 0.3) is 22.5 Å². The molecule has 0 saturated heterocycles. The van der Waals surface area contributed by atoms with Crippen LogP contribution in [0.2, 0.25) is 0 Å². The molecule has 1 amide bonds. The summed E-state index contributed by atoms with van der Waals surface area (Å²) in [7, 11) is 0. The van der Waals surface area contributed by atoms with Crippen LogP contribution in [0.15, 0.2) is 77.4 Å². The fourth-order valence-corrected chi connectivity index (χ4v) is 4.28. The van der Waals surface area contributed by atoms with Gasteiger partial charge in [0.25, 0.3) is 0 Å². The molecule has 2 heterocycles. The Morgan fingerprint density at radius 1 is 1.00 bits per heavy atom. The lowest BCUT2D eigenvalue weighted by molar-refractivity contribution is -0.115. The molecule has 0 aliphatic heterocycles. The van der Waals surface area contributed by atoms with E-state index in [2.05, 4.69) is 25.5 Å². The molecular weight excluding hydrogens is 414 g/mol. The van der Waals surface area contributed by atoms with Gasteiger partial charge in [-0.3, -0.25) is 4.79 Å². The summed E-state index contributed by atoms with van der Waals surface area (Å²) in [5.41, 5.74) is 3.53. The fraction of sp³-hybridized carbons (Fsp3) is 0.136. The van der Waals surface area contributed by atoms with Gasteiger partial charge in [0.15, 0.2) is 5.13 Å². The third-order valence-electron chi connectivity index (χ3n) is 4.32. The molecule has 150 valence electrons. The Labute approximate surface area is 182 Å². The summed E-state index contributed by atoms with van der Waals surface area (Å²) in [4.78, 5) is 21.6. The van der Waals surface area contributed by atoms with E-state index in [-0.39, 0.29) is 11.2 Å². The van der Waals surface area contributed by atoms with E-state index < -0.39 is 0 Å². The number of thiazole rings is 1. The number of hydrogen-bond acceptors (Lipinski definition) is 7. The van der Waals surface area contributed by atoms with Crippen molar-refractivity contribution in [2.75, 3.05) is 5.32 Å². The van der Waals surface area contributed by atoms with E-state index in [9.17, 15) is 4.79 Å². The number of aromatic nitrogens is 4. The zero-order valence-electron chi connectivity index (χ0n) is 16.2. The van der Waals surface area contributed by atoms with Crippen molar-refractivity contribution in [3.8, 4) is 22.5 Å². The zero-order chi connectivity index (χ0) is 20.8. The summed E-state index contributed by atoms with van der Waals surface area (Å²) >= 11 is 2.71. The van der Waals surface area contributed by atoms with E-state index in [1.54, 1.807) is 6.20 Å². The second-order valence-electron chi connectivity index (χ2n) is 6.40. The Morgan fingerprint density at radius 2 is 1.67 bits per heavy atom. The average molecular weight is 434 g/mol. The van der Waals surface area contributed by atoms with Gasteiger partial charge in [0.2, 0.25) is 11.1 Å². The van der Waals surface area contributed by atoms with Crippen molar-refractivity contribution < 1.29 is 4.79 Å². The van der Waals surface area contributed by atoms with Gasteiger partial charge in [-0.25, -0.2) is 9.97 Å². The van der Waals surface area contributed by atoms with Crippen molar-refractivity contribution in [3.63, 3.8) is 0 Å². The van der Waals surface area contributed by atoms with Crippen LogP contribution in [0.1, 0.15) is 13.3 Å². The van der Waals surface area contributed by atoms with Crippen LogP contribution < -0.4 is 5.32 Å². The van der Waals surface area contributed by atoms with Crippen LogP contribution in [-0.4, -0.2) is 31.3 Å². The maximum absolute atomic E-state index is 12.7. The van der Waals surface area contributed by atoms with Crippen LogP contribution >= 0.6 is 23.1 Å². The van der Waals surface area contributed by atoms with Crippen molar-refractivity contribution in [1.82, 2.24) is 20.2 Å². The Hall–Kier alpha value is -3.10. The minimum Gasteiger partial charge on any atom is -0.301 e. The summed E-state index contributed by atoms with van der Waals surface area (Å²) in [6.45, 7) is 1.96. The topological polar surface area (TPSA) is 80.7 Å². The molecule has 0 unspecified atom stereocenters. The Morgan fingerprint density at radius 3 is 2.27 bits per heavy atom. The molecular formula is C22H19N5OS2. The van der Waals surface area contributed by atoms with Gasteiger partial charge in [-0.05, 0) is 6.42 Å². The monoisotopic (exact) mass is 433 g/mol. The predicted octanol–water partition coefficient (Wildman–Crippen LogP) is 5.17. The first-order chi connectivity index (χ1) is 14.7. The third kappa shape index (κ3) is 4.90. The normalized spacial score (nSPS) is 11.8. The largest absolute Gasteiger partial charge is 0.301 e. The second kappa shape index (κ2) is 9.60. The molecule has 0 spiro atoms. The molecule has 2 aromatic heterocycles. The summed E-state index contributed by atoms with van der Waals surface area (Å²) in [6, 6.07) is 19.6. The van der Waals surface area contributed by atoms with Crippen LogP contribution in [0, 0.1) is 0 Å². The summed E-state index contributed by atoms with van der Waals surface area (Å²) in [5, 5.41) is 14.0. The number of nitrogens with zero attached hydrogens (tertiary/aromatic N) is 4. The summed E-state index contributed by atoms with van der Waals surface area (Å²) < 4.78 is 0. The van der Waals surface area contributed by atoms with Crippen LogP contribution in [0.3, 0.4) is 0 Å². The van der Waals surface area contributed by atoms with E-state index in [0.717, 1.165) is 16.8 Å². The number of benzene rings is 2. The van der Waals surface area contributed by atoms with Gasteiger partial charge in [-0.1, -0.05) is 79.3 Å². The zero-order valence-corrected chi connectivity index (χ0v) is 17.9. The fourth-order valence-electron chi connectivity index (χ4n) is 2.77. The highest BCUT2D eigenvalue weighted by Gasteiger charge is 2.21. The lowest BCUT2D eigenvalue weighted by Crippen LogP contribution is -2.24. The Bertz CT molecular complexity index is 1100. The molecule has 1 N–H and O–H groups in total. The van der Waals surface area contributed by atoms with Gasteiger partial charge in [0, 0.05) is 16.5 Å². The highest BCUT2D eigenvalue weighted by atomic mass is 32.2. The molecule has 0 fully saturated rings. The standard InChI is InChI=1S/C22H19N5OS2/c1-2-19(30-21-23-13-17(26-27-21)15-9-5-3-6-10-15)20(28)25-22-24-18(14-29-22)16-11-7-4-8-12-16/h3-14,19H,2H2,1H3,(H,24,25,28)/t19-/m0/s1. The molecule has 0 radical (unpaired) electrons. The first-order valence-corrected chi connectivity index (χ1v) is 11.2. The van der Waals surface area contributed by atoms with Gasteiger partial charge in [-0.2, -0.15) is 0 Å². The number of amides is 1. The number of hydrogen-bond donors (Lipinski definition) is 1. The maximum Gasteiger partial charge on any atom is 0.239 e. The van der Waals surface area contributed by atoms with Crippen LogP contribution in [0.4, 0.5) is 5.13 Å². The number of nitrogens with one attached hydrogen (secondary N) is 1. The predicted molar refractivity (Wildman–Crippen MR) is 121 cm³/mol. The van der Waals surface area contributed by atoms with Gasteiger partial charge < -0.3 is 5.32 Å². The van der Waals surface area contributed by atoms with Gasteiger partial charge in [0.1, 0.15) is 5.69 Å². The lowest BCUT2D eigenvalue weighted by Gasteiger charge is -2.12. The average Bonchev–Trinajstić information content (AvgIpc) is 3.27. The van der Waals surface area contributed by atoms with E-state index in [1.165, 1.54) is 23.1 Å². The quantitative estimate of drug-likeness (QED) is 0.405. The lowest BCUT2D eigenvalue weighted by atomic mass is 10.2. The number of anilines is 1. The van der Waals surface area contributed by atoms with Crippen LogP contribution in [-0.2, 0) is 4.79 Å². The first kappa shape index (κ1) is 20.2. The molecule has 4 aromatic rings. The molecule has 1 atom stereocenters. The minimum absolute atomic E-state index is 0.118. The van der Waals surface area contributed by atoms with Crippen molar-refractivity contribution in [1.29, 1.82) is 0 Å². The summed E-state index contributed by atoms with van der Waals surface area (Å²) in [6.07, 6.45) is 2.32. The molecule has 2 aromatic carbocycles. The molecule has 6 nitrogen and oxygen atoms in total. The second-order valence-corrected chi connectivity index (χ2v) is 8.43. The molecule has 0 aliphatic carbocycles. The Kier molecular flexibility index (Phi) is 6.46. The number of rotatable bonds is 7. The van der Waals surface area contributed by atoms with E-state index >= 15 is 0 Å².